The SMILES string of the molecule is CCCN1CC(=O)N[C@H]2CCN(C(=O)CNS(=O)(=O)c3ccc(F)c(C)c3)C[C@@H]2OCc2cccc(c2)Oc2cc(ccc2OC)C1=O. The number of carbonyl (C=O) groups is 3. The molecule has 2 atom stereocenters. The van der Waals surface area contributed by atoms with E-state index in [0.717, 1.165) is 17.7 Å². The van der Waals surface area contributed by atoms with E-state index in [1.165, 1.54) is 29.9 Å². The lowest BCUT2D eigenvalue weighted by molar-refractivity contribution is -0.136. The molecule has 0 spiro atoms. The van der Waals surface area contributed by atoms with Gasteiger partial charge in [-0.15, -0.1) is 0 Å². The molecular formula is C34H39FN4O8S. The molecule has 3 amide bonds. The van der Waals surface area contributed by atoms with Crippen LogP contribution in [0.2, 0.25) is 0 Å². The normalized spacial score (nSPS) is 18.8. The van der Waals surface area contributed by atoms with Crippen LogP contribution in [0.4, 0.5) is 4.39 Å². The summed E-state index contributed by atoms with van der Waals surface area (Å²) in [6, 6.07) is 15.0. The van der Waals surface area contributed by atoms with Gasteiger partial charge in [-0.2, -0.15) is 0 Å². The largest absolute Gasteiger partial charge is 0.493 e. The number of benzene rings is 3. The van der Waals surface area contributed by atoms with E-state index in [1.54, 1.807) is 36.4 Å². The molecule has 0 saturated carbocycles. The summed E-state index contributed by atoms with van der Waals surface area (Å²) >= 11 is 0. The van der Waals surface area contributed by atoms with Crippen molar-refractivity contribution >= 4 is 27.7 Å². The highest BCUT2D eigenvalue weighted by atomic mass is 32.2. The number of piperidine rings is 1. The number of hydrogen-bond donors (Lipinski definition) is 2. The Morgan fingerprint density at radius 3 is 2.69 bits per heavy atom. The summed E-state index contributed by atoms with van der Waals surface area (Å²) in [7, 11) is -2.57. The predicted octanol–water partition coefficient (Wildman–Crippen LogP) is 3.38. The van der Waals surface area contributed by atoms with E-state index in [1.807, 2.05) is 13.0 Å². The summed E-state index contributed by atoms with van der Waals surface area (Å²) in [6.45, 7) is 3.45. The van der Waals surface area contributed by atoms with Gasteiger partial charge in [-0.25, -0.2) is 17.5 Å². The Kier molecular flexibility index (Phi) is 11.0. The van der Waals surface area contributed by atoms with Crippen LogP contribution in [0.25, 0.3) is 0 Å². The molecule has 0 radical (unpaired) electrons. The van der Waals surface area contributed by atoms with Crippen molar-refractivity contribution in [2.45, 2.75) is 50.3 Å². The van der Waals surface area contributed by atoms with Gasteiger partial charge in [0.15, 0.2) is 11.5 Å². The molecule has 2 aliphatic heterocycles. The zero-order chi connectivity index (χ0) is 34.4. The van der Waals surface area contributed by atoms with Crippen molar-refractivity contribution in [1.82, 2.24) is 19.8 Å². The number of nitrogens with zero attached hydrogens (tertiary/aromatic N) is 2. The third-order valence-electron chi connectivity index (χ3n) is 8.23. The molecular weight excluding hydrogens is 643 g/mol. The summed E-state index contributed by atoms with van der Waals surface area (Å²) in [4.78, 5) is 43.0. The van der Waals surface area contributed by atoms with Gasteiger partial charge >= 0.3 is 0 Å². The second kappa shape index (κ2) is 15.1. The Labute approximate surface area is 279 Å². The molecule has 5 rings (SSSR count). The molecule has 3 aromatic carbocycles. The maximum Gasteiger partial charge on any atom is 0.254 e. The first-order chi connectivity index (χ1) is 23.0. The molecule has 2 N–H and O–H groups in total. The quantitative estimate of drug-likeness (QED) is 0.386. The van der Waals surface area contributed by atoms with Gasteiger partial charge in [-0.05, 0) is 79.4 Å². The lowest BCUT2D eigenvalue weighted by Gasteiger charge is -2.39. The van der Waals surface area contributed by atoms with E-state index in [4.69, 9.17) is 14.2 Å². The van der Waals surface area contributed by atoms with Crippen LogP contribution in [0.1, 0.15) is 41.3 Å². The molecule has 12 nitrogen and oxygen atoms in total. The number of sulfonamides is 1. The lowest BCUT2D eigenvalue weighted by atomic mass is 10.0. The Balaban J connectivity index is 1.36. The molecule has 3 aromatic rings. The topological polar surface area (TPSA) is 144 Å². The third-order valence-corrected chi connectivity index (χ3v) is 9.63. The van der Waals surface area contributed by atoms with Crippen LogP contribution in [-0.2, 0) is 31.0 Å². The molecule has 0 unspecified atom stereocenters. The smallest absolute Gasteiger partial charge is 0.254 e. The van der Waals surface area contributed by atoms with E-state index < -0.39 is 40.4 Å². The van der Waals surface area contributed by atoms with Crippen LogP contribution < -0.4 is 19.5 Å². The maximum atomic E-state index is 13.7. The zero-order valence-corrected chi connectivity index (χ0v) is 27.8. The fraction of sp³-hybridized carbons (Fsp3) is 0.382. The number of carbonyl (C=O) groups excluding carboxylic acids is 3. The van der Waals surface area contributed by atoms with Gasteiger partial charge in [-0.3, -0.25) is 14.4 Å². The van der Waals surface area contributed by atoms with E-state index in [-0.39, 0.29) is 48.5 Å². The van der Waals surface area contributed by atoms with Crippen LogP contribution in [0.3, 0.4) is 0 Å². The third kappa shape index (κ3) is 8.30. The molecule has 48 heavy (non-hydrogen) atoms. The first-order valence-electron chi connectivity index (χ1n) is 15.7. The minimum Gasteiger partial charge on any atom is -0.493 e. The molecule has 0 aromatic heterocycles. The number of amides is 3. The average molecular weight is 683 g/mol. The van der Waals surface area contributed by atoms with Crippen molar-refractivity contribution in [3.8, 4) is 17.2 Å². The second-order valence-corrected chi connectivity index (χ2v) is 13.5. The van der Waals surface area contributed by atoms with Crippen molar-refractivity contribution in [1.29, 1.82) is 0 Å². The number of likely N-dealkylation sites (tertiary alicyclic amines) is 1. The van der Waals surface area contributed by atoms with Crippen molar-refractivity contribution in [3.63, 3.8) is 0 Å². The van der Waals surface area contributed by atoms with Crippen molar-refractivity contribution < 1.29 is 41.4 Å². The number of hydrogen-bond acceptors (Lipinski definition) is 8. The van der Waals surface area contributed by atoms with Gasteiger partial charge in [0.2, 0.25) is 21.8 Å². The van der Waals surface area contributed by atoms with E-state index in [9.17, 15) is 27.2 Å². The Morgan fingerprint density at radius 2 is 1.94 bits per heavy atom. The van der Waals surface area contributed by atoms with Gasteiger partial charge in [0.1, 0.15) is 11.6 Å². The fourth-order valence-corrected chi connectivity index (χ4v) is 6.72. The van der Waals surface area contributed by atoms with E-state index in [2.05, 4.69) is 10.0 Å². The summed E-state index contributed by atoms with van der Waals surface area (Å²) < 4.78 is 59.5. The monoisotopic (exact) mass is 682 g/mol. The van der Waals surface area contributed by atoms with Crippen molar-refractivity contribution in [3.05, 3.63) is 83.2 Å². The Bertz CT molecular complexity index is 1790. The molecule has 4 bridgehead atoms. The van der Waals surface area contributed by atoms with Crippen LogP contribution in [0.15, 0.2) is 65.6 Å². The first-order valence-corrected chi connectivity index (χ1v) is 17.1. The maximum absolute atomic E-state index is 13.7. The van der Waals surface area contributed by atoms with Crippen molar-refractivity contribution in [2.75, 3.05) is 39.8 Å². The number of aryl methyl sites for hydroxylation is 1. The number of rotatable bonds is 7. The number of fused-ring (bicyclic) bond motifs is 5. The lowest BCUT2D eigenvalue weighted by Crippen LogP contribution is -2.58. The Morgan fingerprint density at radius 1 is 1.12 bits per heavy atom. The number of methoxy groups -OCH3 is 1. The Hall–Kier alpha value is -4.53. The highest BCUT2D eigenvalue weighted by Crippen LogP contribution is 2.33. The van der Waals surface area contributed by atoms with Gasteiger partial charge < -0.3 is 29.3 Å². The second-order valence-electron chi connectivity index (χ2n) is 11.7. The standard InChI is InChI=1S/C34H39FN4O8S/c1-4-13-39-20-32(40)37-28-12-14-38(33(41)18-36-48(43,44)26-9-10-27(35)22(2)15-26)19-31(28)46-21-23-6-5-7-25(16-23)47-30-17-24(34(39)42)8-11-29(30)45-3/h5-11,15-17,28,31,36H,4,12-14,18-21H2,1-3H3,(H,37,40)/t28-,31-/m0/s1. The minimum atomic E-state index is -4.07. The summed E-state index contributed by atoms with van der Waals surface area (Å²) in [5.41, 5.74) is 1.27. The number of nitrogens with one attached hydrogen (secondary N) is 2. The number of ether oxygens (including phenoxy) is 3. The summed E-state index contributed by atoms with van der Waals surface area (Å²) in [5.74, 6) is -0.482. The number of halogens is 1. The summed E-state index contributed by atoms with van der Waals surface area (Å²) in [5, 5.41) is 3.01. The van der Waals surface area contributed by atoms with Gasteiger partial charge in [0.05, 0.1) is 43.8 Å². The zero-order valence-electron chi connectivity index (χ0n) is 27.0. The minimum absolute atomic E-state index is 0.0801. The molecule has 1 fully saturated rings. The molecule has 2 aliphatic rings. The van der Waals surface area contributed by atoms with E-state index >= 15 is 0 Å². The fourth-order valence-electron chi connectivity index (χ4n) is 5.66. The van der Waals surface area contributed by atoms with E-state index in [0.29, 0.717) is 42.2 Å². The van der Waals surface area contributed by atoms with Crippen LogP contribution in [-0.4, -0.2) is 87.9 Å². The predicted molar refractivity (Wildman–Crippen MR) is 174 cm³/mol. The molecule has 14 heteroatoms. The van der Waals surface area contributed by atoms with Gasteiger partial charge in [0.25, 0.3) is 5.91 Å². The van der Waals surface area contributed by atoms with Gasteiger partial charge in [0, 0.05) is 25.2 Å². The molecule has 2 heterocycles. The summed E-state index contributed by atoms with van der Waals surface area (Å²) in [6.07, 6.45) is 0.310. The first kappa shape index (κ1) is 34.8. The average Bonchev–Trinajstić information content (AvgIpc) is 3.07. The molecule has 0 aliphatic carbocycles. The van der Waals surface area contributed by atoms with Crippen LogP contribution in [0.5, 0.6) is 17.2 Å². The molecule has 1 saturated heterocycles. The highest BCUT2D eigenvalue weighted by molar-refractivity contribution is 7.89. The van der Waals surface area contributed by atoms with Crippen LogP contribution >= 0.6 is 0 Å². The van der Waals surface area contributed by atoms with Crippen molar-refractivity contribution in [2.24, 2.45) is 0 Å². The molecule has 256 valence electrons. The highest BCUT2D eigenvalue weighted by Gasteiger charge is 2.34. The van der Waals surface area contributed by atoms with Gasteiger partial charge in [-0.1, -0.05) is 19.1 Å². The van der Waals surface area contributed by atoms with Crippen LogP contribution in [0, 0.1) is 12.7 Å².